The van der Waals surface area contributed by atoms with Crippen molar-refractivity contribution >= 4 is 45.9 Å². The van der Waals surface area contributed by atoms with Crippen molar-refractivity contribution in [3.05, 3.63) is 82.5 Å². The van der Waals surface area contributed by atoms with E-state index in [-0.39, 0.29) is 30.4 Å². The lowest BCUT2D eigenvalue weighted by molar-refractivity contribution is -0.140. The van der Waals surface area contributed by atoms with Crippen molar-refractivity contribution in [2.24, 2.45) is 11.8 Å². The standard InChI is InChI=1S/C46H59Cl2N5O6/c1-6-29-27-52-15-11-30-22-41(56-2)43(58-4)24-35(30)39(52)20-32(29)21-40-36-25-44(59-5)42(57-3)23-31(36)12-16-53(40)46(55)38(50-45(54)28-51(17-13-47)18-14-48)19-33-26-49-37-10-8-7-9-34(33)37/h7-10,22-26,29,32,38-40,49H,6,11-21,27-28H2,1-5H3,(H,50,54). The number of nitrogens with one attached hydrogen (secondary N) is 2. The van der Waals surface area contributed by atoms with E-state index in [1.807, 2.05) is 34.2 Å². The molecule has 2 N–H and O–H groups in total. The molecule has 5 atom stereocenters. The van der Waals surface area contributed by atoms with Crippen molar-refractivity contribution in [2.45, 2.75) is 63.6 Å². The molecule has 0 spiro atoms. The lowest BCUT2D eigenvalue weighted by Gasteiger charge is -2.49. The maximum Gasteiger partial charge on any atom is 0.246 e. The Hall–Kier alpha value is -4.16. The number of amides is 2. The Kier molecular flexibility index (Phi) is 14.2. The summed E-state index contributed by atoms with van der Waals surface area (Å²) in [5.41, 5.74) is 6.79. The van der Waals surface area contributed by atoms with E-state index in [4.69, 9.17) is 42.1 Å². The number of carbonyl (C=O) groups is 2. The van der Waals surface area contributed by atoms with Crippen LogP contribution in [0.3, 0.4) is 0 Å². The molecule has 0 saturated carbocycles. The van der Waals surface area contributed by atoms with Crippen LogP contribution in [-0.2, 0) is 28.9 Å². The second-order valence-electron chi connectivity index (χ2n) is 16.1. The molecule has 3 aliphatic rings. The molecule has 3 aromatic carbocycles. The number of para-hydroxylation sites is 1. The van der Waals surface area contributed by atoms with Crippen LogP contribution >= 0.6 is 23.2 Å². The third-order valence-corrected chi connectivity index (χ3v) is 13.4. The van der Waals surface area contributed by atoms with Gasteiger partial charge in [-0.25, -0.2) is 0 Å². The minimum Gasteiger partial charge on any atom is -0.493 e. The number of rotatable bonds is 17. The van der Waals surface area contributed by atoms with E-state index in [0.29, 0.717) is 67.6 Å². The molecular formula is C46H59Cl2N5O6. The van der Waals surface area contributed by atoms with E-state index in [2.05, 4.69) is 52.5 Å². The number of benzene rings is 3. The molecule has 318 valence electrons. The molecule has 4 heterocycles. The second kappa shape index (κ2) is 19.5. The number of ether oxygens (including phenoxy) is 4. The van der Waals surface area contributed by atoms with Crippen LogP contribution in [0.25, 0.3) is 10.9 Å². The number of fused-ring (bicyclic) bond motifs is 5. The van der Waals surface area contributed by atoms with Gasteiger partial charge in [0, 0.05) is 74.0 Å². The van der Waals surface area contributed by atoms with E-state index < -0.39 is 6.04 Å². The summed E-state index contributed by atoms with van der Waals surface area (Å²) in [6, 6.07) is 15.7. The third-order valence-electron chi connectivity index (χ3n) is 13.0. The second-order valence-corrected chi connectivity index (χ2v) is 16.9. The highest BCUT2D eigenvalue weighted by molar-refractivity contribution is 6.18. The number of alkyl halides is 2. The van der Waals surface area contributed by atoms with Gasteiger partial charge < -0.3 is 34.1 Å². The minimum atomic E-state index is -0.809. The van der Waals surface area contributed by atoms with Gasteiger partial charge in [0.2, 0.25) is 11.8 Å². The Morgan fingerprint density at radius 1 is 0.864 bits per heavy atom. The summed E-state index contributed by atoms with van der Waals surface area (Å²) < 4.78 is 23.1. The Bertz CT molecular complexity index is 2090. The number of aromatic nitrogens is 1. The van der Waals surface area contributed by atoms with Crippen LogP contribution in [0.2, 0.25) is 0 Å². The number of piperidine rings is 1. The van der Waals surface area contributed by atoms with Gasteiger partial charge in [-0.1, -0.05) is 31.5 Å². The first-order valence-electron chi connectivity index (χ1n) is 21.0. The number of aromatic amines is 1. The molecule has 1 saturated heterocycles. The Labute approximate surface area is 358 Å². The zero-order chi connectivity index (χ0) is 41.6. The van der Waals surface area contributed by atoms with Gasteiger partial charge in [0.1, 0.15) is 6.04 Å². The van der Waals surface area contributed by atoms with Crippen molar-refractivity contribution in [1.82, 2.24) is 25.0 Å². The van der Waals surface area contributed by atoms with E-state index in [1.54, 1.807) is 28.4 Å². The summed E-state index contributed by atoms with van der Waals surface area (Å²) in [5, 5.41) is 4.23. The number of H-pyrrole nitrogens is 1. The zero-order valence-corrected chi connectivity index (χ0v) is 36.5. The minimum absolute atomic E-state index is 0.0939. The smallest absolute Gasteiger partial charge is 0.246 e. The molecule has 0 aliphatic carbocycles. The average Bonchev–Trinajstić information content (AvgIpc) is 3.67. The molecule has 1 fully saturated rings. The summed E-state index contributed by atoms with van der Waals surface area (Å²) in [5.74, 6) is 3.98. The van der Waals surface area contributed by atoms with Gasteiger partial charge in [-0.3, -0.25) is 19.4 Å². The molecule has 59 heavy (non-hydrogen) atoms. The average molecular weight is 849 g/mol. The van der Waals surface area contributed by atoms with Gasteiger partial charge in [-0.05, 0) is 95.7 Å². The number of hydrogen-bond donors (Lipinski definition) is 2. The van der Waals surface area contributed by atoms with Crippen LogP contribution in [0.5, 0.6) is 23.0 Å². The highest BCUT2D eigenvalue weighted by Crippen LogP contribution is 2.49. The van der Waals surface area contributed by atoms with Crippen molar-refractivity contribution in [3.8, 4) is 23.0 Å². The lowest BCUT2D eigenvalue weighted by Crippen LogP contribution is -2.54. The molecule has 1 aromatic heterocycles. The van der Waals surface area contributed by atoms with Gasteiger partial charge in [-0.2, -0.15) is 0 Å². The predicted molar refractivity (Wildman–Crippen MR) is 234 cm³/mol. The topological polar surface area (TPSA) is 109 Å². The monoisotopic (exact) mass is 847 g/mol. The SMILES string of the molecule is CCC1CN2CCc3cc(OC)c(OC)cc3C2CC1CC1c2cc(OC)c(OC)cc2CCN1C(=O)C(Cc1c[nH]c2ccccc12)NC(=O)CN(CCCl)CCCl. The normalized spacial score (nSPS) is 20.7. The Morgan fingerprint density at radius 3 is 2.15 bits per heavy atom. The number of halogens is 2. The Morgan fingerprint density at radius 2 is 1.49 bits per heavy atom. The molecule has 3 aliphatic heterocycles. The number of methoxy groups -OCH3 is 4. The van der Waals surface area contributed by atoms with E-state index >= 15 is 4.79 Å². The molecule has 2 amide bonds. The van der Waals surface area contributed by atoms with Crippen LogP contribution in [0.1, 0.15) is 66.1 Å². The largest absolute Gasteiger partial charge is 0.493 e. The highest BCUT2D eigenvalue weighted by atomic mass is 35.5. The third kappa shape index (κ3) is 9.14. The molecular weight excluding hydrogens is 789 g/mol. The van der Waals surface area contributed by atoms with E-state index in [9.17, 15) is 4.79 Å². The van der Waals surface area contributed by atoms with Gasteiger partial charge >= 0.3 is 0 Å². The number of carbonyl (C=O) groups excluding carboxylic acids is 2. The quantitative estimate of drug-likeness (QED) is 0.108. The summed E-state index contributed by atoms with van der Waals surface area (Å²) >= 11 is 12.2. The van der Waals surface area contributed by atoms with Crippen LogP contribution in [0, 0.1) is 11.8 Å². The van der Waals surface area contributed by atoms with Gasteiger partial charge in [0.15, 0.2) is 23.0 Å². The molecule has 0 radical (unpaired) electrons. The van der Waals surface area contributed by atoms with Crippen molar-refractivity contribution < 1.29 is 28.5 Å². The maximum atomic E-state index is 15.4. The van der Waals surface area contributed by atoms with Gasteiger partial charge in [0.25, 0.3) is 0 Å². The molecule has 11 nitrogen and oxygen atoms in total. The fraction of sp³-hybridized carbons (Fsp3) is 0.522. The summed E-state index contributed by atoms with van der Waals surface area (Å²) in [6.07, 6.45) is 6.66. The zero-order valence-electron chi connectivity index (χ0n) is 35.0. The molecule has 4 aromatic rings. The van der Waals surface area contributed by atoms with Crippen LogP contribution in [0.15, 0.2) is 54.7 Å². The summed E-state index contributed by atoms with van der Waals surface area (Å²) in [4.78, 5) is 39.3. The molecule has 7 rings (SSSR count). The van der Waals surface area contributed by atoms with Crippen molar-refractivity contribution in [1.29, 1.82) is 0 Å². The Balaban J connectivity index is 1.25. The first kappa shape index (κ1) is 42.9. The fourth-order valence-electron chi connectivity index (χ4n) is 9.96. The van der Waals surface area contributed by atoms with Crippen molar-refractivity contribution in [3.63, 3.8) is 0 Å². The number of nitrogens with zero attached hydrogens (tertiary/aromatic N) is 3. The molecule has 5 unspecified atom stereocenters. The fourth-order valence-corrected chi connectivity index (χ4v) is 10.4. The van der Waals surface area contributed by atoms with Crippen LogP contribution in [0.4, 0.5) is 0 Å². The summed E-state index contributed by atoms with van der Waals surface area (Å²) in [7, 11) is 6.70. The first-order valence-corrected chi connectivity index (χ1v) is 22.0. The van der Waals surface area contributed by atoms with Crippen LogP contribution < -0.4 is 24.3 Å². The first-order chi connectivity index (χ1) is 28.7. The van der Waals surface area contributed by atoms with Crippen LogP contribution in [-0.4, -0.2) is 117 Å². The summed E-state index contributed by atoms with van der Waals surface area (Å²) in [6.45, 7) is 5.91. The number of hydrogen-bond acceptors (Lipinski definition) is 8. The van der Waals surface area contributed by atoms with E-state index in [0.717, 1.165) is 77.9 Å². The predicted octanol–water partition coefficient (Wildman–Crippen LogP) is 7.17. The highest BCUT2D eigenvalue weighted by Gasteiger charge is 2.43. The van der Waals surface area contributed by atoms with Crippen molar-refractivity contribution in [2.75, 3.05) is 79.5 Å². The molecule has 0 bridgehead atoms. The maximum absolute atomic E-state index is 15.4. The van der Waals surface area contributed by atoms with E-state index in [1.165, 1.54) is 11.1 Å². The molecule has 13 heteroatoms. The van der Waals surface area contributed by atoms with Gasteiger partial charge in [-0.15, -0.1) is 23.2 Å². The van der Waals surface area contributed by atoms with Gasteiger partial charge in [0.05, 0.1) is 41.0 Å². The lowest BCUT2D eigenvalue weighted by atomic mass is 9.72.